The molecule has 0 aliphatic carbocycles. The summed E-state index contributed by atoms with van der Waals surface area (Å²) in [5.74, 6) is 0.667. The molecule has 0 spiro atoms. The van der Waals surface area contributed by atoms with Gasteiger partial charge in [-0.3, -0.25) is 14.5 Å². The van der Waals surface area contributed by atoms with Gasteiger partial charge in [0.05, 0.1) is 24.8 Å². The predicted octanol–water partition coefficient (Wildman–Crippen LogP) is 4.77. The molecule has 1 saturated heterocycles. The zero-order valence-electron chi connectivity index (χ0n) is 20.2. The summed E-state index contributed by atoms with van der Waals surface area (Å²) in [7, 11) is 0. The molecule has 1 unspecified atom stereocenters. The number of aliphatic hydroxyl groups excluding tert-OH is 1. The van der Waals surface area contributed by atoms with Gasteiger partial charge in [0.25, 0.3) is 11.7 Å². The van der Waals surface area contributed by atoms with Crippen molar-refractivity contribution in [2.24, 2.45) is 0 Å². The normalized spacial score (nSPS) is 19.5. The molecule has 3 aromatic rings. The number of amides is 1. The number of benzene rings is 3. The highest BCUT2D eigenvalue weighted by Crippen LogP contribution is 2.45. The van der Waals surface area contributed by atoms with Crippen molar-refractivity contribution in [3.63, 3.8) is 0 Å². The average Bonchev–Trinajstić information content (AvgIpc) is 3.50. The number of ether oxygens (including phenoxy) is 4. The minimum Gasteiger partial charge on any atom is -0.507 e. The summed E-state index contributed by atoms with van der Waals surface area (Å²) in [6.07, 6.45) is 1.68. The lowest BCUT2D eigenvalue weighted by Gasteiger charge is -2.26. The Kier molecular flexibility index (Phi) is 5.71. The number of anilines is 1. The highest BCUT2D eigenvalue weighted by molar-refractivity contribution is 6.51. The molecular weight excluding hydrogens is 474 g/mol. The summed E-state index contributed by atoms with van der Waals surface area (Å²) in [5.41, 5.74) is 2.50. The molecule has 0 radical (unpaired) electrons. The Labute approximate surface area is 213 Å². The van der Waals surface area contributed by atoms with Crippen LogP contribution in [0.4, 0.5) is 5.69 Å². The van der Waals surface area contributed by atoms with Gasteiger partial charge in [-0.05, 0) is 73.4 Å². The van der Waals surface area contributed by atoms with Gasteiger partial charge in [-0.1, -0.05) is 12.1 Å². The molecule has 3 heterocycles. The molecule has 1 amide bonds. The highest BCUT2D eigenvalue weighted by Gasteiger charge is 2.47. The number of fused-ring (bicyclic) bond motifs is 2. The van der Waals surface area contributed by atoms with Gasteiger partial charge in [-0.15, -0.1) is 0 Å². The van der Waals surface area contributed by atoms with E-state index in [0.29, 0.717) is 47.3 Å². The van der Waals surface area contributed by atoms with E-state index >= 15 is 0 Å². The smallest absolute Gasteiger partial charge is 0.300 e. The second kappa shape index (κ2) is 9.20. The van der Waals surface area contributed by atoms with E-state index in [1.54, 1.807) is 42.5 Å². The Morgan fingerprint density at radius 2 is 1.84 bits per heavy atom. The molecular formula is C29H25NO7. The number of Topliss-reactive ketones (excluding diaryl/α,β-unsaturated/α-hetero) is 1. The van der Waals surface area contributed by atoms with E-state index in [4.69, 9.17) is 18.9 Å². The van der Waals surface area contributed by atoms with Crippen LogP contribution < -0.4 is 23.8 Å². The molecule has 0 bridgehead atoms. The van der Waals surface area contributed by atoms with Gasteiger partial charge in [0.2, 0.25) is 6.79 Å². The third-order valence-electron chi connectivity index (χ3n) is 6.75. The minimum atomic E-state index is -0.881. The Hall–Kier alpha value is -4.46. The summed E-state index contributed by atoms with van der Waals surface area (Å²) in [5, 5.41) is 11.5. The summed E-state index contributed by atoms with van der Waals surface area (Å²) in [6, 6.07) is 16.7. The maximum Gasteiger partial charge on any atom is 0.300 e. The zero-order valence-corrected chi connectivity index (χ0v) is 20.2. The molecule has 3 aromatic carbocycles. The molecule has 1 atom stereocenters. The van der Waals surface area contributed by atoms with Crippen molar-refractivity contribution in [2.75, 3.05) is 24.9 Å². The van der Waals surface area contributed by atoms with Crippen LogP contribution in [-0.4, -0.2) is 36.8 Å². The lowest BCUT2D eigenvalue weighted by Crippen LogP contribution is -2.29. The summed E-state index contributed by atoms with van der Waals surface area (Å²) >= 11 is 0. The lowest BCUT2D eigenvalue weighted by atomic mass is 9.93. The number of rotatable bonds is 5. The van der Waals surface area contributed by atoms with Gasteiger partial charge in [-0.2, -0.15) is 0 Å². The van der Waals surface area contributed by atoms with Gasteiger partial charge in [0.15, 0.2) is 11.5 Å². The van der Waals surface area contributed by atoms with Crippen molar-refractivity contribution in [1.29, 1.82) is 0 Å². The fourth-order valence-corrected chi connectivity index (χ4v) is 5.05. The van der Waals surface area contributed by atoms with Crippen molar-refractivity contribution in [1.82, 2.24) is 0 Å². The number of hydrogen-bond acceptors (Lipinski definition) is 7. The van der Waals surface area contributed by atoms with Crippen molar-refractivity contribution in [3.8, 4) is 23.0 Å². The second-order valence-electron chi connectivity index (χ2n) is 8.99. The van der Waals surface area contributed by atoms with Crippen LogP contribution in [-0.2, 0) is 16.0 Å². The first-order valence-corrected chi connectivity index (χ1v) is 12.2. The number of hydrogen-bond donors (Lipinski definition) is 1. The van der Waals surface area contributed by atoms with E-state index in [9.17, 15) is 14.7 Å². The third kappa shape index (κ3) is 3.94. The van der Waals surface area contributed by atoms with Crippen LogP contribution in [0.3, 0.4) is 0 Å². The van der Waals surface area contributed by atoms with Crippen LogP contribution in [0.15, 0.2) is 66.2 Å². The number of carbonyl (C=O) groups is 2. The number of nitrogens with zero attached hydrogens (tertiary/aromatic N) is 1. The fourth-order valence-electron chi connectivity index (χ4n) is 5.05. The topological polar surface area (TPSA) is 94.5 Å². The quantitative estimate of drug-likeness (QED) is 0.307. The van der Waals surface area contributed by atoms with E-state index in [2.05, 4.69) is 0 Å². The molecule has 37 heavy (non-hydrogen) atoms. The zero-order chi connectivity index (χ0) is 25.5. The first kappa shape index (κ1) is 23.0. The maximum absolute atomic E-state index is 13.5. The van der Waals surface area contributed by atoms with Crippen LogP contribution in [0.5, 0.6) is 23.0 Å². The van der Waals surface area contributed by atoms with Gasteiger partial charge in [-0.25, -0.2) is 0 Å². The van der Waals surface area contributed by atoms with Crippen molar-refractivity contribution in [3.05, 3.63) is 82.9 Å². The third-order valence-corrected chi connectivity index (χ3v) is 6.75. The molecule has 3 aliphatic heterocycles. The fraction of sp³-hybridized carbons (Fsp3) is 0.241. The molecule has 8 heteroatoms. The maximum atomic E-state index is 13.5. The van der Waals surface area contributed by atoms with E-state index in [1.165, 1.54) is 4.90 Å². The summed E-state index contributed by atoms with van der Waals surface area (Å²) < 4.78 is 22.3. The van der Waals surface area contributed by atoms with Crippen molar-refractivity contribution in [2.45, 2.75) is 25.8 Å². The molecule has 8 nitrogen and oxygen atoms in total. The molecule has 188 valence electrons. The van der Waals surface area contributed by atoms with Crippen molar-refractivity contribution >= 4 is 23.1 Å². The van der Waals surface area contributed by atoms with Crippen LogP contribution in [0.2, 0.25) is 0 Å². The molecule has 1 N–H and O–H groups in total. The van der Waals surface area contributed by atoms with Crippen LogP contribution >= 0.6 is 0 Å². The Balaban J connectivity index is 1.52. The van der Waals surface area contributed by atoms with Gasteiger partial charge in [0.1, 0.15) is 17.3 Å². The molecule has 0 saturated carbocycles. The van der Waals surface area contributed by atoms with Crippen LogP contribution in [0.25, 0.3) is 5.76 Å². The summed E-state index contributed by atoms with van der Waals surface area (Å²) in [6.45, 7) is 3.07. The minimum absolute atomic E-state index is 0.00740. The highest BCUT2D eigenvalue weighted by atomic mass is 16.7. The number of aryl methyl sites for hydroxylation is 1. The monoisotopic (exact) mass is 499 g/mol. The first-order chi connectivity index (χ1) is 18.0. The molecule has 6 rings (SSSR count). The van der Waals surface area contributed by atoms with Gasteiger partial charge < -0.3 is 24.1 Å². The SMILES string of the molecule is CCOc1cccc(C2/C(=C(/O)c3ccc4c(c3)CCCO4)C(=O)C(=O)N2c2ccc3c(c2)OCO3)c1. The second-order valence-corrected chi connectivity index (χ2v) is 8.99. The number of carbonyl (C=O) groups excluding carboxylic acids is 2. The Morgan fingerprint density at radius 1 is 1.00 bits per heavy atom. The number of ketones is 1. The van der Waals surface area contributed by atoms with E-state index in [1.807, 2.05) is 25.1 Å². The predicted molar refractivity (Wildman–Crippen MR) is 135 cm³/mol. The molecule has 3 aliphatic rings. The molecule has 1 fully saturated rings. The summed E-state index contributed by atoms with van der Waals surface area (Å²) in [4.78, 5) is 28.4. The average molecular weight is 500 g/mol. The standard InChI is InChI=1S/C29H25NO7/c1-2-34-21-7-3-5-18(14-21)26-25(27(31)19-8-10-22-17(13-19)6-4-12-35-22)28(32)29(33)30(26)20-9-11-23-24(15-20)37-16-36-23/h3,5,7-11,13-15,26,31H,2,4,6,12,16H2,1H3/b27-25-. The van der Waals surface area contributed by atoms with E-state index < -0.39 is 17.7 Å². The van der Waals surface area contributed by atoms with Crippen LogP contribution in [0, 0.1) is 0 Å². The first-order valence-electron chi connectivity index (χ1n) is 12.2. The molecule has 0 aromatic heterocycles. The number of aliphatic hydroxyl groups is 1. The van der Waals surface area contributed by atoms with Gasteiger partial charge >= 0.3 is 0 Å². The van der Waals surface area contributed by atoms with E-state index in [0.717, 1.165) is 24.2 Å². The Bertz CT molecular complexity index is 1440. The van der Waals surface area contributed by atoms with Gasteiger partial charge in [0, 0.05) is 17.3 Å². The van der Waals surface area contributed by atoms with Crippen LogP contribution in [0.1, 0.15) is 36.1 Å². The van der Waals surface area contributed by atoms with Crippen molar-refractivity contribution < 1.29 is 33.6 Å². The van der Waals surface area contributed by atoms with E-state index in [-0.39, 0.29) is 18.1 Å². The Morgan fingerprint density at radius 3 is 2.70 bits per heavy atom. The largest absolute Gasteiger partial charge is 0.507 e. The lowest BCUT2D eigenvalue weighted by molar-refractivity contribution is -0.132.